The van der Waals surface area contributed by atoms with Gasteiger partial charge in [-0.1, -0.05) is 12.1 Å². The summed E-state index contributed by atoms with van der Waals surface area (Å²) in [6.45, 7) is -0.210. The Balaban J connectivity index is 1.88. The van der Waals surface area contributed by atoms with Gasteiger partial charge in [-0.15, -0.1) is 0 Å². The summed E-state index contributed by atoms with van der Waals surface area (Å²) >= 11 is 0. The first-order valence-electron chi connectivity index (χ1n) is 7.75. The zero-order valence-corrected chi connectivity index (χ0v) is 13.1. The van der Waals surface area contributed by atoms with Crippen LogP contribution in [-0.4, -0.2) is 35.6 Å². The van der Waals surface area contributed by atoms with Crippen LogP contribution >= 0.6 is 0 Å². The van der Waals surface area contributed by atoms with Crippen LogP contribution in [0.3, 0.4) is 0 Å². The molecule has 0 bridgehead atoms. The Labute approximate surface area is 141 Å². The van der Waals surface area contributed by atoms with Crippen molar-refractivity contribution < 1.29 is 26.8 Å². The molecule has 1 amide bonds. The summed E-state index contributed by atoms with van der Waals surface area (Å²) in [4.78, 5) is 13.2. The van der Waals surface area contributed by atoms with E-state index in [0.29, 0.717) is 4.90 Å². The quantitative estimate of drug-likeness (QED) is 0.837. The van der Waals surface area contributed by atoms with Gasteiger partial charge in [0.1, 0.15) is 17.6 Å². The Kier molecular flexibility index (Phi) is 4.55. The monoisotopic (exact) mass is 356 g/mol. The van der Waals surface area contributed by atoms with Crippen molar-refractivity contribution >= 4 is 5.91 Å². The maximum Gasteiger partial charge on any atom is 0.408 e. The fraction of sp³-hybridized carbons (Fsp3) is 0.353. The van der Waals surface area contributed by atoms with Gasteiger partial charge in [-0.05, 0) is 37.1 Å². The van der Waals surface area contributed by atoms with Crippen LogP contribution in [0.2, 0.25) is 0 Å². The number of alkyl halides is 3. The molecule has 4 nitrogen and oxygen atoms in total. The van der Waals surface area contributed by atoms with Crippen molar-refractivity contribution in [1.82, 2.24) is 4.90 Å². The number of carbonyl (C=O) groups is 1. The molecule has 1 fully saturated rings. The summed E-state index contributed by atoms with van der Waals surface area (Å²) in [5.74, 6) is -1.66. The van der Waals surface area contributed by atoms with Crippen LogP contribution in [0.1, 0.15) is 23.4 Å². The molecular formula is C17H16F4N2O2. The van der Waals surface area contributed by atoms with E-state index in [9.17, 15) is 22.4 Å². The van der Waals surface area contributed by atoms with E-state index in [1.54, 1.807) is 6.07 Å². The van der Waals surface area contributed by atoms with Crippen LogP contribution in [0, 0.1) is 5.82 Å². The van der Waals surface area contributed by atoms with Crippen molar-refractivity contribution in [3.05, 3.63) is 48.0 Å². The zero-order chi connectivity index (χ0) is 18.2. The second kappa shape index (κ2) is 6.51. The lowest BCUT2D eigenvalue weighted by molar-refractivity contribution is -0.184. The molecular weight excluding hydrogens is 340 g/mol. The molecule has 1 aliphatic heterocycles. The topological polar surface area (TPSA) is 59.5 Å². The van der Waals surface area contributed by atoms with Gasteiger partial charge >= 0.3 is 6.18 Å². The lowest BCUT2D eigenvalue weighted by Crippen LogP contribution is -2.56. The number of likely N-dealkylation sites (tertiary alicyclic amines) is 1. The Hall–Kier alpha value is -2.35. The highest BCUT2D eigenvalue weighted by Crippen LogP contribution is 2.33. The first-order valence-corrected chi connectivity index (χ1v) is 7.75. The molecule has 0 radical (unpaired) electrons. The predicted molar refractivity (Wildman–Crippen MR) is 82.2 cm³/mol. The van der Waals surface area contributed by atoms with Gasteiger partial charge in [0.05, 0.1) is 5.56 Å². The smallest absolute Gasteiger partial charge is 0.408 e. The molecule has 2 atom stereocenters. The summed E-state index contributed by atoms with van der Waals surface area (Å²) in [5.41, 5.74) is 5.85. The second-order valence-corrected chi connectivity index (χ2v) is 6.00. The third kappa shape index (κ3) is 3.53. The van der Waals surface area contributed by atoms with Crippen LogP contribution in [0.15, 0.2) is 40.8 Å². The third-order valence-corrected chi connectivity index (χ3v) is 4.21. The number of benzene rings is 1. The number of nitrogens with two attached hydrogens (primary N) is 1. The minimum atomic E-state index is -4.54. The van der Waals surface area contributed by atoms with Crippen LogP contribution in [-0.2, 0) is 0 Å². The number of furan rings is 1. The average molecular weight is 356 g/mol. The van der Waals surface area contributed by atoms with Crippen LogP contribution in [0.25, 0.3) is 11.3 Å². The van der Waals surface area contributed by atoms with Crippen molar-refractivity contribution in [3.8, 4) is 11.3 Å². The Bertz CT molecular complexity index is 772. The lowest BCUT2D eigenvalue weighted by atomic mass is 9.98. The highest BCUT2D eigenvalue weighted by Gasteiger charge is 2.48. The molecule has 0 saturated carbocycles. The molecule has 0 spiro atoms. The van der Waals surface area contributed by atoms with Gasteiger partial charge in [0.15, 0.2) is 5.76 Å². The summed E-state index contributed by atoms with van der Waals surface area (Å²) in [7, 11) is 0. The minimum absolute atomic E-state index is 0.0753. The number of carbonyl (C=O) groups excluding carboxylic acids is 1. The van der Waals surface area contributed by atoms with Crippen molar-refractivity contribution in [2.75, 3.05) is 6.54 Å². The maximum atomic E-state index is 13.8. The van der Waals surface area contributed by atoms with Crippen molar-refractivity contribution in [2.45, 2.75) is 31.1 Å². The van der Waals surface area contributed by atoms with Crippen LogP contribution in [0.5, 0.6) is 0 Å². The number of nitrogens with zero attached hydrogens (tertiary/aromatic N) is 1. The Morgan fingerprint density at radius 2 is 1.88 bits per heavy atom. The largest absolute Gasteiger partial charge is 0.451 e. The first kappa shape index (κ1) is 17.5. The van der Waals surface area contributed by atoms with E-state index in [0.717, 1.165) is 0 Å². The molecule has 134 valence electrons. The van der Waals surface area contributed by atoms with Crippen molar-refractivity contribution in [1.29, 1.82) is 0 Å². The summed E-state index contributed by atoms with van der Waals surface area (Å²) < 4.78 is 58.7. The SMILES string of the molecule is N[C@@H]1CC[C@H](C(F)(F)F)N(C(=O)c2ccc(-c3ccccc3F)o2)C1. The number of rotatable bonds is 2. The van der Waals surface area contributed by atoms with E-state index in [2.05, 4.69) is 0 Å². The molecule has 1 aromatic carbocycles. The van der Waals surface area contributed by atoms with Gasteiger partial charge in [0.25, 0.3) is 5.91 Å². The van der Waals surface area contributed by atoms with Gasteiger partial charge in [-0.3, -0.25) is 4.79 Å². The van der Waals surface area contributed by atoms with Crippen molar-refractivity contribution in [2.24, 2.45) is 5.73 Å². The fourth-order valence-corrected chi connectivity index (χ4v) is 2.96. The zero-order valence-electron chi connectivity index (χ0n) is 13.1. The second-order valence-electron chi connectivity index (χ2n) is 6.00. The summed E-state index contributed by atoms with van der Waals surface area (Å²) in [6.07, 6.45) is -4.61. The molecule has 25 heavy (non-hydrogen) atoms. The average Bonchev–Trinajstić information content (AvgIpc) is 3.03. The van der Waals surface area contributed by atoms with E-state index < -0.39 is 30.0 Å². The molecule has 0 unspecified atom stereocenters. The molecule has 3 rings (SSSR count). The van der Waals surface area contributed by atoms with E-state index in [4.69, 9.17) is 10.2 Å². The van der Waals surface area contributed by atoms with Gasteiger partial charge in [0, 0.05) is 12.6 Å². The molecule has 1 aromatic heterocycles. The highest BCUT2D eigenvalue weighted by atomic mass is 19.4. The maximum absolute atomic E-state index is 13.8. The Morgan fingerprint density at radius 1 is 1.16 bits per heavy atom. The van der Waals surface area contributed by atoms with Crippen molar-refractivity contribution in [3.63, 3.8) is 0 Å². The molecule has 2 aromatic rings. The predicted octanol–water partition coefficient (Wildman–Crippen LogP) is 3.58. The van der Waals surface area contributed by atoms with E-state index in [1.165, 1.54) is 30.3 Å². The highest BCUT2D eigenvalue weighted by molar-refractivity contribution is 5.92. The normalized spacial score (nSPS) is 21.4. The molecule has 2 N–H and O–H groups in total. The van der Waals surface area contributed by atoms with Gasteiger partial charge in [0.2, 0.25) is 0 Å². The number of amides is 1. The summed E-state index contributed by atoms with van der Waals surface area (Å²) in [5, 5.41) is 0. The molecule has 2 heterocycles. The van der Waals surface area contributed by atoms with Crippen LogP contribution in [0.4, 0.5) is 17.6 Å². The third-order valence-electron chi connectivity index (χ3n) is 4.21. The number of hydrogen-bond acceptors (Lipinski definition) is 3. The molecule has 1 saturated heterocycles. The molecule has 8 heteroatoms. The lowest BCUT2D eigenvalue weighted by Gasteiger charge is -2.38. The number of hydrogen-bond donors (Lipinski definition) is 1. The van der Waals surface area contributed by atoms with Gasteiger partial charge < -0.3 is 15.1 Å². The summed E-state index contributed by atoms with van der Waals surface area (Å²) in [6, 6.07) is 5.95. The van der Waals surface area contributed by atoms with Crippen LogP contribution < -0.4 is 5.73 Å². The molecule has 0 aliphatic carbocycles. The minimum Gasteiger partial charge on any atom is -0.451 e. The van der Waals surface area contributed by atoms with E-state index in [1.807, 2.05) is 0 Å². The standard InChI is InChI=1S/C17H16F4N2O2/c18-12-4-2-1-3-11(12)13-6-7-14(25-13)16(24)23-9-10(22)5-8-15(23)17(19,20)21/h1-4,6-7,10,15H,5,8-9,22H2/t10-,15-/m1/s1. The van der Waals surface area contributed by atoms with E-state index >= 15 is 0 Å². The van der Waals surface area contributed by atoms with Gasteiger partial charge in [-0.2, -0.15) is 13.2 Å². The molecule has 1 aliphatic rings. The first-order chi connectivity index (χ1) is 11.8. The Morgan fingerprint density at radius 3 is 2.56 bits per heavy atom. The van der Waals surface area contributed by atoms with Gasteiger partial charge in [-0.25, -0.2) is 4.39 Å². The number of halogens is 4. The fourth-order valence-electron chi connectivity index (χ4n) is 2.96. The van der Waals surface area contributed by atoms with E-state index in [-0.39, 0.29) is 36.5 Å². The number of piperidine rings is 1.